The summed E-state index contributed by atoms with van der Waals surface area (Å²) in [6.45, 7) is 7.20. The molecule has 0 aliphatic carbocycles. The van der Waals surface area contributed by atoms with Crippen molar-refractivity contribution in [1.29, 1.82) is 0 Å². The second-order valence-corrected chi connectivity index (χ2v) is 6.00. The van der Waals surface area contributed by atoms with E-state index < -0.39 is 0 Å². The van der Waals surface area contributed by atoms with E-state index in [4.69, 9.17) is 4.42 Å². The first-order valence-electron chi connectivity index (χ1n) is 5.55. The van der Waals surface area contributed by atoms with Gasteiger partial charge in [-0.15, -0.1) is 16.8 Å². The molecule has 0 fully saturated rings. The topological polar surface area (TPSA) is 68.0 Å². The molecule has 0 bridgehead atoms. The molecule has 100 valence electrons. The molecular weight excluding hydrogens is 282 g/mol. The average Bonchev–Trinajstić information content (AvgIpc) is 2.93. The van der Waals surface area contributed by atoms with Gasteiger partial charge in [-0.1, -0.05) is 29.2 Å². The van der Waals surface area contributed by atoms with E-state index in [9.17, 15) is 4.79 Å². The first-order chi connectivity index (χ1) is 9.10. The molecule has 2 aromatic heterocycles. The van der Waals surface area contributed by atoms with Crippen LogP contribution in [-0.2, 0) is 0 Å². The van der Waals surface area contributed by atoms with Gasteiger partial charge in [0.25, 0.3) is 5.91 Å². The molecule has 2 aromatic rings. The molecule has 0 saturated carbocycles. The van der Waals surface area contributed by atoms with Crippen molar-refractivity contribution < 1.29 is 9.21 Å². The SMILES string of the molecule is C=CCSc1nnc(NC(=O)c2cc(C)oc2C)s1. The number of furan rings is 1. The maximum atomic E-state index is 12.0. The van der Waals surface area contributed by atoms with Crippen molar-refractivity contribution in [3.63, 3.8) is 0 Å². The summed E-state index contributed by atoms with van der Waals surface area (Å²) in [5.41, 5.74) is 0.521. The molecule has 0 saturated heterocycles. The Balaban J connectivity index is 2.04. The Morgan fingerprint density at radius 2 is 2.37 bits per heavy atom. The number of thioether (sulfide) groups is 1. The number of aryl methyl sites for hydroxylation is 2. The van der Waals surface area contributed by atoms with Crippen molar-refractivity contribution >= 4 is 34.1 Å². The Labute approximate surface area is 119 Å². The van der Waals surface area contributed by atoms with E-state index >= 15 is 0 Å². The number of nitrogens with zero attached hydrogens (tertiary/aromatic N) is 2. The summed E-state index contributed by atoms with van der Waals surface area (Å²) in [4.78, 5) is 12.0. The third kappa shape index (κ3) is 3.45. The highest BCUT2D eigenvalue weighted by Crippen LogP contribution is 2.26. The van der Waals surface area contributed by atoms with Crippen molar-refractivity contribution in [1.82, 2.24) is 10.2 Å². The molecule has 0 radical (unpaired) electrons. The number of aromatic nitrogens is 2. The summed E-state index contributed by atoms with van der Waals surface area (Å²) in [7, 11) is 0. The van der Waals surface area contributed by atoms with Crippen LogP contribution in [0.1, 0.15) is 21.9 Å². The Kier molecular flexibility index (Phi) is 4.39. The van der Waals surface area contributed by atoms with Crippen molar-refractivity contribution in [2.24, 2.45) is 0 Å². The Hall–Kier alpha value is -1.60. The van der Waals surface area contributed by atoms with Crippen LogP contribution in [0.5, 0.6) is 0 Å². The normalized spacial score (nSPS) is 10.4. The standard InChI is InChI=1S/C12H13N3O2S2/c1-4-5-18-12-15-14-11(19-12)13-10(16)9-6-7(2)17-8(9)3/h4,6H,1,5H2,2-3H3,(H,13,14,16). The average molecular weight is 295 g/mol. The number of nitrogens with one attached hydrogen (secondary N) is 1. The van der Waals surface area contributed by atoms with Gasteiger partial charge in [0.2, 0.25) is 5.13 Å². The smallest absolute Gasteiger partial charge is 0.261 e. The molecule has 5 nitrogen and oxygen atoms in total. The molecule has 2 heterocycles. The maximum Gasteiger partial charge on any atom is 0.261 e. The number of carbonyl (C=O) groups excluding carboxylic acids is 1. The monoisotopic (exact) mass is 295 g/mol. The lowest BCUT2D eigenvalue weighted by Gasteiger charge is -1.98. The highest BCUT2D eigenvalue weighted by molar-refractivity contribution is 8.01. The van der Waals surface area contributed by atoms with E-state index in [0.29, 0.717) is 22.2 Å². The predicted octanol–water partition coefficient (Wildman–Crippen LogP) is 3.28. The lowest BCUT2D eigenvalue weighted by atomic mass is 10.2. The minimum atomic E-state index is -0.231. The molecule has 0 aliphatic rings. The van der Waals surface area contributed by atoms with Crippen LogP contribution in [0.4, 0.5) is 5.13 Å². The quantitative estimate of drug-likeness (QED) is 0.521. The molecule has 1 N–H and O–H groups in total. The molecule has 0 unspecified atom stereocenters. The fraction of sp³-hybridized carbons (Fsp3) is 0.250. The van der Waals surface area contributed by atoms with Crippen molar-refractivity contribution in [2.75, 3.05) is 11.1 Å². The van der Waals surface area contributed by atoms with Gasteiger partial charge >= 0.3 is 0 Å². The van der Waals surface area contributed by atoms with Crippen LogP contribution in [-0.4, -0.2) is 21.9 Å². The molecule has 19 heavy (non-hydrogen) atoms. The third-order valence-electron chi connectivity index (χ3n) is 2.24. The Morgan fingerprint density at radius 1 is 1.58 bits per heavy atom. The number of amides is 1. The van der Waals surface area contributed by atoms with Gasteiger partial charge in [-0.2, -0.15) is 0 Å². The molecule has 2 rings (SSSR count). The Morgan fingerprint density at radius 3 is 3.00 bits per heavy atom. The Bertz CT molecular complexity index is 604. The molecular formula is C12H13N3O2S2. The summed E-state index contributed by atoms with van der Waals surface area (Å²) >= 11 is 2.87. The zero-order valence-corrected chi connectivity index (χ0v) is 12.2. The second kappa shape index (κ2) is 6.03. The van der Waals surface area contributed by atoms with Crippen LogP contribution in [0.3, 0.4) is 0 Å². The minimum Gasteiger partial charge on any atom is -0.466 e. The molecule has 7 heteroatoms. The zero-order chi connectivity index (χ0) is 13.8. The fourth-order valence-corrected chi connectivity index (χ4v) is 2.98. The number of hydrogen-bond donors (Lipinski definition) is 1. The van der Waals surface area contributed by atoms with Crippen LogP contribution in [0.2, 0.25) is 0 Å². The van der Waals surface area contributed by atoms with E-state index in [1.54, 1.807) is 26.0 Å². The van der Waals surface area contributed by atoms with Crippen molar-refractivity contribution in [3.8, 4) is 0 Å². The largest absolute Gasteiger partial charge is 0.466 e. The van der Waals surface area contributed by atoms with Crippen LogP contribution >= 0.6 is 23.1 Å². The van der Waals surface area contributed by atoms with Gasteiger partial charge < -0.3 is 4.42 Å². The maximum absolute atomic E-state index is 12.0. The van der Waals surface area contributed by atoms with Gasteiger partial charge in [0.05, 0.1) is 5.56 Å². The van der Waals surface area contributed by atoms with E-state index in [2.05, 4.69) is 22.1 Å². The van der Waals surface area contributed by atoms with Gasteiger partial charge in [0.1, 0.15) is 11.5 Å². The van der Waals surface area contributed by atoms with Crippen LogP contribution in [0, 0.1) is 13.8 Å². The summed E-state index contributed by atoms with van der Waals surface area (Å²) in [6, 6.07) is 1.71. The van der Waals surface area contributed by atoms with Gasteiger partial charge in [0.15, 0.2) is 4.34 Å². The van der Waals surface area contributed by atoms with E-state index in [1.807, 2.05) is 0 Å². The summed E-state index contributed by atoms with van der Waals surface area (Å²) in [5.74, 6) is 1.84. The molecule has 0 aliphatic heterocycles. The highest BCUT2D eigenvalue weighted by atomic mass is 32.2. The van der Waals surface area contributed by atoms with Gasteiger partial charge in [-0.3, -0.25) is 10.1 Å². The van der Waals surface area contributed by atoms with E-state index in [1.165, 1.54) is 23.1 Å². The lowest BCUT2D eigenvalue weighted by Crippen LogP contribution is -2.11. The molecule has 1 amide bonds. The molecule has 0 aromatic carbocycles. The van der Waals surface area contributed by atoms with Gasteiger partial charge in [-0.25, -0.2) is 0 Å². The number of rotatable bonds is 5. The van der Waals surface area contributed by atoms with Crippen molar-refractivity contribution in [2.45, 2.75) is 18.2 Å². The third-order valence-corrected chi connectivity index (χ3v) is 4.21. The summed E-state index contributed by atoms with van der Waals surface area (Å²) < 4.78 is 6.12. The first-order valence-corrected chi connectivity index (χ1v) is 7.36. The van der Waals surface area contributed by atoms with Crippen LogP contribution < -0.4 is 5.32 Å². The molecule has 0 atom stereocenters. The zero-order valence-electron chi connectivity index (χ0n) is 10.6. The fourth-order valence-electron chi connectivity index (χ4n) is 1.47. The minimum absolute atomic E-state index is 0.231. The predicted molar refractivity (Wildman–Crippen MR) is 77.0 cm³/mol. The lowest BCUT2D eigenvalue weighted by molar-refractivity contribution is 0.102. The highest BCUT2D eigenvalue weighted by Gasteiger charge is 2.15. The van der Waals surface area contributed by atoms with Crippen LogP contribution in [0.25, 0.3) is 0 Å². The summed E-state index contributed by atoms with van der Waals surface area (Å²) in [6.07, 6.45) is 1.79. The summed E-state index contributed by atoms with van der Waals surface area (Å²) in [5, 5.41) is 11.1. The first kappa shape index (κ1) is 13.8. The number of carbonyl (C=O) groups is 1. The number of hydrogen-bond acceptors (Lipinski definition) is 6. The van der Waals surface area contributed by atoms with E-state index in [0.717, 1.165) is 10.1 Å². The van der Waals surface area contributed by atoms with Crippen molar-refractivity contribution in [3.05, 3.63) is 35.8 Å². The van der Waals surface area contributed by atoms with E-state index in [-0.39, 0.29) is 5.91 Å². The number of anilines is 1. The van der Waals surface area contributed by atoms with Gasteiger partial charge in [-0.05, 0) is 19.9 Å². The second-order valence-electron chi connectivity index (χ2n) is 3.75. The van der Waals surface area contributed by atoms with Gasteiger partial charge in [0, 0.05) is 5.75 Å². The van der Waals surface area contributed by atoms with Crippen LogP contribution in [0.15, 0.2) is 27.5 Å². The molecule has 0 spiro atoms.